The van der Waals surface area contributed by atoms with Gasteiger partial charge in [-0.15, -0.1) is 22.7 Å². The van der Waals surface area contributed by atoms with Crippen LogP contribution in [-0.2, 0) is 27.2 Å². The quantitative estimate of drug-likeness (QED) is 0.127. The molecule has 11 heteroatoms. The minimum Gasteiger partial charge on any atom is -0.0903 e. The van der Waals surface area contributed by atoms with E-state index < -0.39 is 32.5 Å². The van der Waals surface area contributed by atoms with Gasteiger partial charge in [-0.2, -0.15) is 13.2 Å². The molecule has 276 valence electrons. The summed E-state index contributed by atoms with van der Waals surface area (Å²) in [7, 11) is -1.94. The molecule has 0 amide bonds. The fourth-order valence-electron chi connectivity index (χ4n) is 7.36. The molecule has 0 atom stereocenters. The molecule has 0 fully saturated rings. The summed E-state index contributed by atoms with van der Waals surface area (Å²) in [6, 6.07) is 35.8. The van der Waals surface area contributed by atoms with Gasteiger partial charge < -0.3 is 0 Å². The third kappa shape index (κ3) is 6.56. The summed E-state index contributed by atoms with van der Waals surface area (Å²) in [4.78, 5) is 13.7. The Bertz CT molecular complexity index is 2810. The summed E-state index contributed by atoms with van der Waals surface area (Å²) in [6.07, 6.45) is -1.16. The molecule has 55 heavy (non-hydrogen) atoms. The molecule has 5 aromatic carbocycles. The first kappa shape index (κ1) is 37.8. The zero-order valence-electron chi connectivity index (χ0n) is 30.8. The van der Waals surface area contributed by atoms with Crippen LogP contribution in [0, 0.1) is 12.1 Å². The molecule has 0 radical (unpaired) electrons. The normalized spacial score (nSPS) is 12.8. The smallest absolute Gasteiger partial charge is 0.0903 e. The van der Waals surface area contributed by atoms with Crippen molar-refractivity contribution in [2.45, 2.75) is 43.1 Å². The standard InChI is InChI=1S/C44H34F3GeN3OSSi.Pt/c1-48(2,3)29-15-13-25(14-16-29)27-20-26-17-19-50-39-34-24-33(40-42(53-43(51-40)44(45,46)47)41(34)52-36(22-27)38(26)39)30-10-9-11-31-32(30)21-28(23-37(31)54(4,5)6)35-12-7-8-18-49-35;/h7-20,22-23H,1-6H3;/q-2;+2. The van der Waals surface area contributed by atoms with Crippen LogP contribution in [0.5, 0.6) is 11.5 Å². The maximum Gasteiger partial charge on any atom is 2.00 e. The van der Waals surface area contributed by atoms with E-state index in [1.54, 1.807) is 12.4 Å². The van der Waals surface area contributed by atoms with Gasteiger partial charge in [0.25, 0.3) is 0 Å². The SMILES string of the molecule is C[Si](C)(C)c1cc(-c2ccccn2)[c-]c2c(-c3[c-]c4c(c5sc(C(F)(F)F)nc35)Oc3cc(-c5cc[c]([Ge]([CH3])([CH3])[CH3])cc5)cc5ccnc-4c35)cccc12.[Pt+2]. The van der Waals surface area contributed by atoms with E-state index in [1.807, 2.05) is 42.5 Å². The Hall–Kier alpha value is -4.15. The van der Waals surface area contributed by atoms with Gasteiger partial charge in [-0.3, -0.25) is 4.98 Å². The molecule has 1 aliphatic heterocycles. The number of hydrogen-bond acceptors (Lipinski definition) is 5. The number of ether oxygens (including phenoxy) is 1. The van der Waals surface area contributed by atoms with Gasteiger partial charge in [-0.25, -0.2) is 0 Å². The average Bonchev–Trinajstić information content (AvgIpc) is 3.61. The summed E-state index contributed by atoms with van der Waals surface area (Å²) in [5.41, 5.74) is 6.02. The third-order valence-corrected chi connectivity index (χ3v) is 17.5. The Labute approximate surface area is 339 Å². The number of nitrogens with zero attached hydrogens (tertiary/aromatic N) is 3. The molecule has 0 saturated carbocycles. The molecule has 0 aliphatic carbocycles. The molecule has 0 unspecified atom stereocenters. The van der Waals surface area contributed by atoms with Crippen LogP contribution in [0.2, 0.25) is 36.9 Å². The molecule has 0 bridgehead atoms. The van der Waals surface area contributed by atoms with E-state index >= 15 is 0 Å². The largest absolute Gasteiger partial charge is 2.00 e. The van der Waals surface area contributed by atoms with Crippen molar-refractivity contribution in [2.24, 2.45) is 0 Å². The number of rotatable bonds is 5. The van der Waals surface area contributed by atoms with Gasteiger partial charge in [0.15, 0.2) is 0 Å². The molecule has 8 aromatic rings. The topological polar surface area (TPSA) is 47.9 Å². The van der Waals surface area contributed by atoms with Crippen LogP contribution < -0.4 is 14.3 Å². The minimum atomic E-state index is -4.66. The summed E-state index contributed by atoms with van der Waals surface area (Å²) in [5, 5.41) is 3.76. The third-order valence-electron chi connectivity index (χ3n) is 10.1. The van der Waals surface area contributed by atoms with E-state index in [0.29, 0.717) is 44.2 Å². The van der Waals surface area contributed by atoms with Gasteiger partial charge in [0.2, 0.25) is 0 Å². The second-order valence-corrected chi connectivity index (χ2v) is 32.5. The van der Waals surface area contributed by atoms with Gasteiger partial charge in [-0.1, -0.05) is 66.5 Å². The van der Waals surface area contributed by atoms with Gasteiger partial charge in [0.1, 0.15) is 0 Å². The first-order chi connectivity index (χ1) is 25.6. The van der Waals surface area contributed by atoms with Crippen LogP contribution in [0.3, 0.4) is 0 Å². The van der Waals surface area contributed by atoms with Gasteiger partial charge in [0, 0.05) is 11.9 Å². The zero-order chi connectivity index (χ0) is 37.7. The predicted molar refractivity (Wildman–Crippen MR) is 221 cm³/mol. The average molecular weight is 1010 g/mol. The number of pyridine rings is 2. The second-order valence-electron chi connectivity index (χ2n) is 15.8. The number of aromatic nitrogens is 3. The number of halogens is 3. The Balaban J connectivity index is 0.00000427. The number of alkyl halides is 3. The van der Waals surface area contributed by atoms with Crippen molar-refractivity contribution < 1.29 is 39.0 Å². The van der Waals surface area contributed by atoms with Crippen molar-refractivity contribution in [3.8, 4) is 56.3 Å². The van der Waals surface area contributed by atoms with Crippen molar-refractivity contribution in [3.63, 3.8) is 0 Å². The molecule has 0 N–H and O–H groups in total. The molecule has 9 rings (SSSR count). The number of fused-ring (bicyclic) bond motifs is 5. The van der Waals surface area contributed by atoms with Crippen LogP contribution in [-0.4, -0.2) is 36.3 Å². The summed E-state index contributed by atoms with van der Waals surface area (Å²) >= 11 is -1.43. The van der Waals surface area contributed by atoms with Crippen molar-refractivity contribution >= 4 is 74.0 Å². The monoisotopic (exact) mass is 1010 g/mol. The zero-order valence-corrected chi connectivity index (χ0v) is 37.0. The fourth-order valence-corrected chi connectivity index (χ4v) is 12.3. The van der Waals surface area contributed by atoms with E-state index in [0.717, 1.165) is 43.9 Å². The van der Waals surface area contributed by atoms with Crippen LogP contribution >= 0.6 is 11.3 Å². The molecule has 4 heterocycles. The maximum atomic E-state index is 14.5. The van der Waals surface area contributed by atoms with Gasteiger partial charge in [0.05, 0.1) is 8.07 Å². The van der Waals surface area contributed by atoms with Crippen LogP contribution in [0.4, 0.5) is 13.2 Å². The molecule has 1 aliphatic rings. The first-order valence-corrected chi connectivity index (χ1v) is 29.4. The second kappa shape index (κ2) is 13.5. The fraction of sp³-hybridized carbons (Fsp3) is 0.159. The molecule has 0 saturated heterocycles. The first-order valence-electron chi connectivity index (χ1n) is 17.8. The van der Waals surface area contributed by atoms with E-state index in [4.69, 9.17) is 9.72 Å². The summed E-state index contributed by atoms with van der Waals surface area (Å²) in [5.74, 6) is 7.92. The number of hydrogen-bond donors (Lipinski definition) is 0. The Morgan fingerprint density at radius 1 is 0.800 bits per heavy atom. The van der Waals surface area contributed by atoms with Crippen LogP contribution in [0.1, 0.15) is 5.01 Å². The molecule has 3 aromatic heterocycles. The van der Waals surface area contributed by atoms with Crippen LogP contribution in [0.15, 0.2) is 97.3 Å². The molecule has 4 nitrogen and oxygen atoms in total. The maximum absolute atomic E-state index is 14.5. The van der Waals surface area contributed by atoms with E-state index in [-0.39, 0.29) is 32.3 Å². The Morgan fingerprint density at radius 2 is 1.58 bits per heavy atom. The van der Waals surface area contributed by atoms with Crippen molar-refractivity contribution in [1.82, 2.24) is 15.0 Å². The minimum absolute atomic E-state index is 0. The van der Waals surface area contributed by atoms with Gasteiger partial charge >= 0.3 is 208 Å². The van der Waals surface area contributed by atoms with E-state index in [1.165, 1.54) is 9.58 Å². The molecular formula is C44H34F3GeN3OPtSSi. The predicted octanol–water partition coefficient (Wildman–Crippen LogP) is 11.9. The van der Waals surface area contributed by atoms with Crippen LogP contribution in [0.25, 0.3) is 76.5 Å². The number of thiazole rings is 1. The number of benzene rings is 5. The molecule has 0 spiro atoms. The Kier molecular flexibility index (Phi) is 9.27. The molecular weight excluding hydrogens is 971 g/mol. The van der Waals surface area contributed by atoms with E-state index in [9.17, 15) is 13.2 Å². The van der Waals surface area contributed by atoms with E-state index in [2.05, 4.69) is 101 Å². The van der Waals surface area contributed by atoms with Crippen molar-refractivity contribution in [1.29, 1.82) is 0 Å². The summed E-state index contributed by atoms with van der Waals surface area (Å²) < 4.78 is 51.9. The van der Waals surface area contributed by atoms with Crippen molar-refractivity contribution in [2.75, 3.05) is 0 Å². The van der Waals surface area contributed by atoms with Crippen molar-refractivity contribution in [3.05, 3.63) is 114 Å². The van der Waals surface area contributed by atoms with Gasteiger partial charge in [-0.05, 0) is 6.07 Å². The summed E-state index contributed by atoms with van der Waals surface area (Å²) in [6.45, 7) is 6.85. The Morgan fingerprint density at radius 3 is 2.27 bits per heavy atom.